The molecule has 1 aromatic rings. The number of rotatable bonds is 3. The van der Waals surface area contributed by atoms with Gasteiger partial charge >= 0.3 is 0 Å². The van der Waals surface area contributed by atoms with Gasteiger partial charge in [-0.1, -0.05) is 20.8 Å². The lowest BCUT2D eigenvalue weighted by atomic mass is 9.79. The molecule has 1 aliphatic carbocycles. The molecule has 2 atom stereocenters. The second-order valence-corrected chi connectivity index (χ2v) is 5.65. The van der Waals surface area contributed by atoms with E-state index in [0.717, 1.165) is 24.9 Å². The van der Waals surface area contributed by atoms with Crippen molar-refractivity contribution in [1.29, 1.82) is 0 Å². The van der Waals surface area contributed by atoms with Crippen molar-refractivity contribution in [3.63, 3.8) is 0 Å². The fraction of sp³-hybridized carbons (Fsp3) is 0.692. The minimum absolute atomic E-state index is 0.758. The Morgan fingerprint density at radius 3 is 3.00 bits per heavy atom. The summed E-state index contributed by atoms with van der Waals surface area (Å²) >= 11 is 1.97. The SMILES string of the molecule is CCNCc1csc2c1C(C)C(C)CC2. The Bertz CT molecular complexity index is 329. The Hall–Kier alpha value is -0.340. The molecule has 0 aromatic carbocycles. The lowest BCUT2D eigenvalue weighted by molar-refractivity contribution is 0.427. The smallest absolute Gasteiger partial charge is 0.0216 e. The van der Waals surface area contributed by atoms with Crippen LogP contribution in [0.2, 0.25) is 0 Å². The molecular weight excluding hydrogens is 202 g/mol. The number of fused-ring (bicyclic) bond motifs is 1. The first-order valence-electron chi connectivity index (χ1n) is 6.03. The minimum atomic E-state index is 0.758. The third kappa shape index (κ3) is 2.11. The summed E-state index contributed by atoms with van der Waals surface area (Å²) in [5.74, 6) is 1.61. The van der Waals surface area contributed by atoms with E-state index in [1.807, 2.05) is 11.3 Å². The Labute approximate surface area is 96.9 Å². The molecule has 0 saturated carbocycles. The summed E-state index contributed by atoms with van der Waals surface area (Å²) < 4.78 is 0. The molecule has 2 unspecified atom stereocenters. The van der Waals surface area contributed by atoms with E-state index in [9.17, 15) is 0 Å². The molecule has 15 heavy (non-hydrogen) atoms. The van der Waals surface area contributed by atoms with E-state index in [2.05, 4.69) is 31.5 Å². The number of thiophene rings is 1. The van der Waals surface area contributed by atoms with E-state index in [1.54, 1.807) is 16.0 Å². The summed E-state index contributed by atoms with van der Waals surface area (Å²) in [5.41, 5.74) is 3.22. The van der Waals surface area contributed by atoms with Crippen LogP contribution in [-0.4, -0.2) is 6.54 Å². The molecule has 1 heterocycles. The summed E-state index contributed by atoms with van der Waals surface area (Å²) in [7, 11) is 0. The van der Waals surface area contributed by atoms with Crippen molar-refractivity contribution in [2.24, 2.45) is 5.92 Å². The zero-order chi connectivity index (χ0) is 10.8. The highest BCUT2D eigenvalue weighted by Crippen LogP contribution is 2.40. The fourth-order valence-electron chi connectivity index (χ4n) is 2.48. The predicted octanol–water partition coefficient (Wildman–Crippen LogP) is 3.54. The van der Waals surface area contributed by atoms with Crippen LogP contribution < -0.4 is 5.32 Å². The van der Waals surface area contributed by atoms with E-state index in [0.29, 0.717) is 0 Å². The van der Waals surface area contributed by atoms with Gasteiger partial charge in [-0.25, -0.2) is 0 Å². The predicted molar refractivity (Wildman–Crippen MR) is 67.6 cm³/mol. The van der Waals surface area contributed by atoms with Gasteiger partial charge in [0, 0.05) is 11.4 Å². The topological polar surface area (TPSA) is 12.0 Å². The van der Waals surface area contributed by atoms with Gasteiger partial charge in [-0.05, 0) is 47.7 Å². The monoisotopic (exact) mass is 223 g/mol. The molecule has 2 rings (SSSR count). The standard InChI is InChI=1S/C13H21NS/c1-4-14-7-11-8-15-12-6-5-9(2)10(3)13(11)12/h8-10,14H,4-7H2,1-3H3. The molecule has 84 valence electrons. The van der Waals surface area contributed by atoms with Crippen molar-refractivity contribution in [3.8, 4) is 0 Å². The largest absolute Gasteiger partial charge is 0.313 e. The molecule has 0 spiro atoms. The molecule has 1 aromatic heterocycles. The lowest BCUT2D eigenvalue weighted by Gasteiger charge is -2.27. The van der Waals surface area contributed by atoms with Gasteiger partial charge in [-0.3, -0.25) is 0 Å². The molecule has 1 aliphatic rings. The Balaban J connectivity index is 2.23. The van der Waals surface area contributed by atoms with Crippen LogP contribution in [0.5, 0.6) is 0 Å². The maximum atomic E-state index is 3.44. The molecular formula is C13H21NS. The van der Waals surface area contributed by atoms with Gasteiger partial charge in [0.25, 0.3) is 0 Å². The molecule has 0 aliphatic heterocycles. The summed E-state index contributed by atoms with van der Waals surface area (Å²) in [6.45, 7) is 9.08. The maximum absolute atomic E-state index is 3.44. The molecule has 0 radical (unpaired) electrons. The lowest BCUT2D eigenvalue weighted by Crippen LogP contribution is -2.18. The van der Waals surface area contributed by atoms with Crippen molar-refractivity contribution >= 4 is 11.3 Å². The molecule has 0 saturated heterocycles. The van der Waals surface area contributed by atoms with Crippen LogP contribution in [0.4, 0.5) is 0 Å². The number of hydrogen-bond donors (Lipinski definition) is 1. The van der Waals surface area contributed by atoms with Gasteiger partial charge < -0.3 is 5.32 Å². The summed E-state index contributed by atoms with van der Waals surface area (Å²) in [4.78, 5) is 1.65. The van der Waals surface area contributed by atoms with Gasteiger partial charge in [0.2, 0.25) is 0 Å². The van der Waals surface area contributed by atoms with E-state index in [4.69, 9.17) is 0 Å². The first kappa shape index (κ1) is 11.2. The third-order valence-electron chi connectivity index (χ3n) is 3.69. The molecule has 0 amide bonds. The highest BCUT2D eigenvalue weighted by molar-refractivity contribution is 7.10. The second-order valence-electron chi connectivity index (χ2n) is 4.68. The van der Waals surface area contributed by atoms with Crippen molar-refractivity contribution in [2.45, 2.75) is 46.1 Å². The van der Waals surface area contributed by atoms with E-state index in [1.165, 1.54) is 12.8 Å². The minimum Gasteiger partial charge on any atom is -0.313 e. The van der Waals surface area contributed by atoms with Crippen molar-refractivity contribution in [1.82, 2.24) is 5.32 Å². The van der Waals surface area contributed by atoms with Gasteiger partial charge in [0.05, 0.1) is 0 Å². The van der Waals surface area contributed by atoms with Gasteiger partial charge in [-0.2, -0.15) is 0 Å². The van der Waals surface area contributed by atoms with Crippen LogP contribution in [-0.2, 0) is 13.0 Å². The van der Waals surface area contributed by atoms with Crippen molar-refractivity contribution in [3.05, 3.63) is 21.4 Å². The van der Waals surface area contributed by atoms with Gasteiger partial charge in [-0.15, -0.1) is 11.3 Å². The summed E-state index contributed by atoms with van der Waals surface area (Å²) in [6.07, 6.45) is 2.67. The Morgan fingerprint density at radius 2 is 2.27 bits per heavy atom. The number of aryl methyl sites for hydroxylation is 1. The Morgan fingerprint density at radius 1 is 1.47 bits per heavy atom. The molecule has 0 fully saturated rings. The number of hydrogen-bond acceptors (Lipinski definition) is 2. The zero-order valence-corrected chi connectivity index (χ0v) is 10.8. The van der Waals surface area contributed by atoms with Crippen LogP contribution in [0, 0.1) is 5.92 Å². The van der Waals surface area contributed by atoms with Gasteiger partial charge in [0.1, 0.15) is 0 Å². The highest BCUT2D eigenvalue weighted by Gasteiger charge is 2.26. The maximum Gasteiger partial charge on any atom is 0.0216 e. The second kappa shape index (κ2) is 4.67. The average molecular weight is 223 g/mol. The van der Waals surface area contributed by atoms with Crippen LogP contribution in [0.15, 0.2) is 5.38 Å². The van der Waals surface area contributed by atoms with Crippen LogP contribution in [0.25, 0.3) is 0 Å². The van der Waals surface area contributed by atoms with Crippen molar-refractivity contribution < 1.29 is 0 Å². The molecule has 0 bridgehead atoms. The van der Waals surface area contributed by atoms with E-state index in [-0.39, 0.29) is 0 Å². The van der Waals surface area contributed by atoms with Crippen LogP contribution in [0.1, 0.15) is 49.1 Å². The normalized spacial score (nSPS) is 25.3. The Kier molecular flexibility index (Phi) is 3.47. The highest BCUT2D eigenvalue weighted by atomic mass is 32.1. The zero-order valence-electron chi connectivity index (χ0n) is 9.97. The van der Waals surface area contributed by atoms with Crippen LogP contribution in [0.3, 0.4) is 0 Å². The van der Waals surface area contributed by atoms with E-state index >= 15 is 0 Å². The first-order valence-corrected chi connectivity index (χ1v) is 6.91. The molecule has 1 nitrogen and oxygen atoms in total. The summed E-state index contributed by atoms with van der Waals surface area (Å²) in [6, 6.07) is 0. The quantitative estimate of drug-likeness (QED) is 0.826. The molecule has 1 N–H and O–H groups in total. The molecule has 2 heteroatoms. The summed E-state index contributed by atoms with van der Waals surface area (Å²) in [5, 5.41) is 5.81. The van der Waals surface area contributed by atoms with Crippen molar-refractivity contribution in [2.75, 3.05) is 6.54 Å². The van der Waals surface area contributed by atoms with Crippen LogP contribution >= 0.6 is 11.3 Å². The fourth-order valence-corrected chi connectivity index (χ4v) is 3.65. The average Bonchev–Trinajstić information content (AvgIpc) is 2.64. The van der Waals surface area contributed by atoms with E-state index < -0.39 is 0 Å². The number of nitrogens with one attached hydrogen (secondary N) is 1. The first-order chi connectivity index (χ1) is 7.24. The van der Waals surface area contributed by atoms with Gasteiger partial charge in [0.15, 0.2) is 0 Å². The third-order valence-corrected chi connectivity index (χ3v) is 4.80.